The van der Waals surface area contributed by atoms with Gasteiger partial charge in [0.15, 0.2) is 0 Å². The Morgan fingerprint density at radius 1 is 0.950 bits per heavy atom. The molecule has 1 aliphatic rings. The van der Waals surface area contributed by atoms with Crippen LogP contribution in [0, 0.1) is 12.8 Å². The first-order valence-corrected chi connectivity index (χ1v) is 8.14. The van der Waals surface area contributed by atoms with Gasteiger partial charge in [-0.25, -0.2) is 0 Å². The van der Waals surface area contributed by atoms with Crippen molar-refractivity contribution in [2.45, 2.75) is 40.2 Å². The van der Waals surface area contributed by atoms with Gasteiger partial charge in [0, 0.05) is 32.7 Å². The maximum absolute atomic E-state index is 2.63. The second-order valence-corrected chi connectivity index (χ2v) is 6.64. The zero-order valence-electron chi connectivity index (χ0n) is 13.4. The van der Waals surface area contributed by atoms with Gasteiger partial charge < -0.3 is 4.90 Å². The molecule has 1 fully saturated rings. The molecule has 0 bridgehead atoms. The molecule has 0 aliphatic carbocycles. The van der Waals surface area contributed by atoms with E-state index in [1.807, 2.05) is 0 Å². The maximum atomic E-state index is 2.63. The Labute approximate surface area is 124 Å². The van der Waals surface area contributed by atoms with Crippen molar-refractivity contribution in [1.29, 1.82) is 0 Å². The van der Waals surface area contributed by atoms with Gasteiger partial charge in [0.1, 0.15) is 0 Å². The number of rotatable bonds is 6. The lowest BCUT2D eigenvalue weighted by molar-refractivity contribution is 0.125. The number of hydrogen-bond donors (Lipinski definition) is 0. The molecule has 2 rings (SSSR count). The van der Waals surface area contributed by atoms with Crippen molar-refractivity contribution in [3.8, 4) is 0 Å². The highest BCUT2D eigenvalue weighted by molar-refractivity contribution is 5.21. The van der Waals surface area contributed by atoms with Crippen molar-refractivity contribution in [1.82, 2.24) is 9.80 Å². The monoisotopic (exact) mass is 274 g/mol. The third-order valence-corrected chi connectivity index (χ3v) is 4.25. The van der Waals surface area contributed by atoms with Crippen molar-refractivity contribution < 1.29 is 0 Å². The van der Waals surface area contributed by atoms with E-state index in [0.29, 0.717) is 0 Å². The molecule has 2 heteroatoms. The van der Waals surface area contributed by atoms with Crippen molar-refractivity contribution in [2.24, 2.45) is 5.92 Å². The summed E-state index contributed by atoms with van der Waals surface area (Å²) in [5.74, 6) is 0.845. The van der Waals surface area contributed by atoms with Crippen LogP contribution in [-0.2, 0) is 6.54 Å². The zero-order chi connectivity index (χ0) is 14.4. The Morgan fingerprint density at radius 3 is 2.15 bits per heavy atom. The Balaban J connectivity index is 1.67. The largest absolute Gasteiger partial charge is 0.301 e. The van der Waals surface area contributed by atoms with Crippen molar-refractivity contribution in [3.63, 3.8) is 0 Å². The van der Waals surface area contributed by atoms with Crippen LogP contribution in [-0.4, -0.2) is 42.5 Å². The fourth-order valence-electron chi connectivity index (χ4n) is 2.85. The predicted octanol–water partition coefficient (Wildman–Crippen LogP) is 3.55. The van der Waals surface area contributed by atoms with Crippen molar-refractivity contribution in [2.75, 3.05) is 32.7 Å². The summed E-state index contributed by atoms with van der Waals surface area (Å²) in [7, 11) is 0. The number of nitrogens with zero attached hydrogens (tertiary/aromatic N) is 2. The summed E-state index contributed by atoms with van der Waals surface area (Å²) >= 11 is 0. The SMILES string of the molecule is Cc1ccc(CN2CCN(CCCC(C)C)CC2)cc1. The Morgan fingerprint density at radius 2 is 1.55 bits per heavy atom. The summed E-state index contributed by atoms with van der Waals surface area (Å²) < 4.78 is 0. The minimum absolute atomic E-state index is 0.845. The maximum Gasteiger partial charge on any atom is 0.0234 e. The van der Waals surface area contributed by atoms with E-state index >= 15 is 0 Å². The van der Waals surface area contributed by atoms with Gasteiger partial charge in [-0.15, -0.1) is 0 Å². The van der Waals surface area contributed by atoms with E-state index in [1.165, 1.54) is 56.7 Å². The van der Waals surface area contributed by atoms with E-state index in [1.54, 1.807) is 0 Å². The minimum Gasteiger partial charge on any atom is -0.301 e. The lowest BCUT2D eigenvalue weighted by Gasteiger charge is -2.34. The number of benzene rings is 1. The van der Waals surface area contributed by atoms with E-state index in [0.717, 1.165) is 12.5 Å². The van der Waals surface area contributed by atoms with Crippen LogP contribution in [0.15, 0.2) is 24.3 Å². The fraction of sp³-hybridized carbons (Fsp3) is 0.667. The molecule has 0 amide bonds. The quantitative estimate of drug-likeness (QED) is 0.783. The first-order chi connectivity index (χ1) is 9.63. The van der Waals surface area contributed by atoms with Gasteiger partial charge in [-0.3, -0.25) is 4.90 Å². The number of hydrogen-bond acceptors (Lipinski definition) is 2. The van der Waals surface area contributed by atoms with Crippen LogP contribution in [0.4, 0.5) is 0 Å². The minimum atomic E-state index is 0.845. The molecule has 1 heterocycles. The Bertz CT molecular complexity index is 375. The van der Waals surface area contributed by atoms with Crippen molar-refractivity contribution in [3.05, 3.63) is 35.4 Å². The summed E-state index contributed by atoms with van der Waals surface area (Å²) in [5, 5.41) is 0. The summed E-state index contributed by atoms with van der Waals surface area (Å²) in [4.78, 5) is 5.22. The highest BCUT2D eigenvalue weighted by atomic mass is 15.3. The van der Waals surface area contributed by atoms with E-state index < -0.39 is 0 Å². The van der Waals surface area contributed by atoms with Gasteiger partial charge >= 0.3 is 0 Å². The van der Waals surface area contributed by atoms with Crippen LogP contribution in [0.2, 0.25) is 0 Å². The fourth-order valence-corrected chi connectivity index (χ4v) is 2.85. The van der Waals surface area contributed by atoms with Crippen LogP contribution in [0.3, 0.4) is 0 Å². The van der Waals surface area contributed by atoms with Crippen LogP contribution in [0.1, 0.15) is 37.8 Å². The lowest BCUT2D eigenvalue weighted by atomic mass is 10.1. The van der Waals surface area contributed by atoms with Gasteiger partial charge in [-0.1, -0.05) is 43.7 Å². The second-order valence-electron chi connectivity index (χ2n) is 6.64. The molecule has 20 heavy (non-hydrogen) atoms. The molecule has 0 radical (unpaired) electrons. The molecule has 2 nitrogen and oxygen atoms in total. The molecular formula is C18H30N2. The topological polar surface area (TPSA) is 6.48 Å². The third-order valence-electron chi connectivity index (χ3n) is 4.25. The van der Waals surface area contributed by atoms with E-state index in [2.05, 4.69) is 54.8 Å². The van der Waals surface area contributed by atoms with Gasteiger partial charge in [-0.2, -0.15) is 0 Å². The van der Waals surface area contributed by atoms with Crippen LogP contribution in [0.5, 0.6) is 0 Å². The predicted molar refractivity (Wildman–Crippen MR) is 87.0 cm³/mol. The molecule has 0 saturated carbocycles. The third kappa shape index (κ3) is 5.26. The van der Waals surface area contributed by atoms with Gasteiger partial charge in [0.25, 0.3) is 0 Å². The second kappa shape index (κ2) is 7.80. The molecule has 1 aliphatic heterocycles. The molecular weight excluding hydrogens is 244 g/mol. The molecule has 0 N–H and O–H groups in total. The van der Waals surface area contributed by atoms with Gasteiger partial charge in [0.2, 0.25) is 0 Å². The smallest absolute Gasteiger partial charge is 0.0234 e. The summed E-state index contributed by atoms with van der Waals surface area (Å²) in [6.07, 6.45) is 2.72. The van der Waals surface area contributed by atoms with E-state index in [-0.39, 0.29) is 0 Å². The molecule has 0 aromatic heterocycles. The molecule has 0 unspecified atom stereocenters. The van der Waals surface area contributed by atoms with E-state index in [9.17, 15) is 0 Å². The number of aryl methyl sites for hydroxylation is 1. The first-order valence-electron chi connectivity index (χ1n) is 8.14. The summed E-state index contributed by atoms with van der Waals surface area (Å²) in [6.45, 7) is 14.1. The van der Waals surface area contributed by atoms with Gasteiger partial charge in [0.05, 0.1) is 0 Å². The Hall–Kier alpha value is -0.860. The highest BCUT2D eigenvalue weighted by Gasteiger charge is 2.16. The van der Waals surface area contributed by atoms with Crippen molar-refractivity contribution >= 4 is 0 Å². The molecule has 1 aromatic carbocycles. The number of piperazine rings is 1. The van der Waals surface area contributed by atoms with Gasteiger partial charge in [-0.05, 0) is 37.8 Å². The normalized spacial score (nSPS) is 17.8. The average molecular weight is 274 g/mol. The standard InChI is InChI=1S/C18H30N2/c1-16(2)5-4-10-19-11-13-20(14-12-19)15-18-8-6-17(3)7-9-18/h6-9,16H,4-5,10-15H2,1-3H3. The van der Waals surface area contributed by atoms with Crippen LogP contribution >= 0.6 is 0 Å². The average Bonchev–Trinajstić information content (AvgIpc) is 2.43. The summed E-state index contributed by atoms with van der Waals surface area (Å²) in [6, 6.07) is 8.98. The molecule has 0 spiro atoms. The zero-order valence-corrected chi connectivity index (χ0v) is 13.4. The molecule has 1 aromatic rings. The first kappa shape index (κ1) is 15.5. The van der Waals surface area contributed by atoms with E-state index in [4.69, 9.17) is 0 Å². The lowest BCUT2D eigenvalue weighted by Crippen LogP contribution is -2.46. The molecule has 0 atom stereocenters. The highest BCUT2D eigenvalue weighted by Crippen LogP contribution is 2.11. The molecule has 112 valence electrons. The summed E-state index contributed by atoms with van der Waals surface area (Å²) in [5.41, 5.74) is 2.80. The van der Waals surface area contributed by atoms with Crippen LogP contribution < -0.4 is 0 Å². The Kier molecular flexibility index (Phi) is 6.06. The molecule has 1 saturated heterocycles. The van der Waals surface area contributed by atoms with Crippen LogP contribution in [0.25, 0.3) is 0 Å².